The number of fused-ring (bicyclic) bond motifs is 2. The molecule has 1 saturated heterocycles. The number of hydrogen-bond acceptors (Lipinski definition) is 4. The maximum Gasteiger partial charge on any atom is 0.244 e. The third kappa shape index (κ3) is 2.32. The number of nitrogens with zero attached hydrogens (tertiary/aromatic N) is 3. The number of hydrogen-bond donors (Lipinski definition) is 2. The lowest BCUT2D eigenvalue weighted by Gasteiger charge is -2.29. The minimum Gasteiger partial charge on any atom is -0.338 e. The molecule has 1 aromatic heterocycles. The van der Waals surface area contributed by atoms with Gasteiger partial charge in [0, 0.05) is 25.6 Å². The van der Waals surface area contributed by atoms with Crippen molar-refractivity contribution >= 4 is 5.95 Å². The normalized spacial score (nSPS) is 36.8. The SMILES string of the molecule is NC1CCCN(c2n[nH]c(CC3CC4CCC3C4)n2)C1. The highest BCUT2D eigenvalue weighted by molar-refractivity contribution is 5.30. The average Bonchev–Trinajstić information content (AvgIpc) is 3.14. The first-order valence-corrected chi connectivity index (χ1v) is 8.19. The first-order valence-electron chi connectivity index (χ1n) is 8.19. The molecule has 2 saturated carbocycles. The summed E-state index contributed by atoms with van der Waals surface area (Å²) in [5, 5.41) is 7.57. The van der Waals surface area contributed by atoms with Gasteiger partial charge in [-0.15, -0.1) is 5.10 Å². The molecule has 110 valence electrons. The number of rotatable bonds is 3. The van der Waals surface area contributed by atoms with Gasteiger partial charge in [0.1, 0.15) is 5.82 Å². The maximum absolute atomic E-state index is 6.03. The standard InChI is InChI=1S/C15H25N5/c16-13-2-1-5-20(9-13)15-17-14(18-19-15)8-12-7-10-3-4-11(12)6-10/h10-13H,1-9,16H2,(H,17,18,19). The van der Waals surface area contributed by atoms with Gasteiger partial charge < -0.3 is 10.6 Å². The van der Waals surface area contributed by atoms with Crippen molar-refractivity contribution in [3.8, 4) is 0 Å². The van der Waals surface area contributed by atoms with Crippen molar-refractivity contribution in [1.29, 1.82) is 0 Å². The van der Waals surface area contributed by atoms with E-state index in [-0.39, 0.29) is 6.04 Å². The molecule has 20 heavy (non-hydrogen) atoms. The topological polar surface area (TPSA) is 70.8 Å². The van der Waals surface area contributed by atoms with Crippen LogP contribution in [0.2, 0.25) is 0 Å². The van der Waals surface area contributed by atoms with Gasteiger partial charge in [0.2, 0.25) is 5.95 Å². The van der Waals surface area contributed by atoms with Gasteiger partial charge in [-0.1, -0.05) is 6.42 Å². The number of anilines is 1. The largest absolute Gasteiger partial charge is 0.338 e. The monoisotopic (exact) mass is 275 g/mol. The molecule has 0 aromatic carbocycles. The molecular formula is C15H25N5. The summed E-state index contributed by atoms with van der Waals surface area (Å²) in [6.07, 6.45) is 9.15. The van der Waals surface area contributed by atoms with Crippen LogP contribution in [0, 0.1) is 17.8 Å². The molecule has 3 fully saturated rings. The smallest absolute Gasteiger partial charge is 0.244 e. The van der Waals surface area contributed by atoms with Crippen molar-refractivity contribution in [3.63, 3.8) is 0 Å². The van der Waals surface area contributed by atoms with E-state index in [9.17, 15) is 0 Å². The zero-order valence-electron chi connectivity index (χ0n) is 12.1. The van der Waals surface area contributed by atoms with E-state index in [4.69, 9.17) is 10.7 Å². The lowest BCUT2D eigenvalue weighted by Crippen LogP contribution is -2.43. The van der Waals surface area contributed by atoms with E-state index in [0.29, 0.717) is 0 Å². The van der Waals surface area contributed by atoms with Crippen LogP contribution in [0.4, 0.5) is 5.95 Å². The highest BCUT2D eigenvalue weighted by atomic mass is 15.4. The van der Waals surface area contributed by atoms with E-state index in [1.54, 1.807) is 0 Å². The molecule has 0 spiro atoms. The van der Waals surface area contributed by atoms with Crippen LogP contribution in [-0.4, -0.2) is 34.3 Å². The highest BCUT2D eigenvalue weighted by Crippen LogP contribution is 2.49. The summed E-state index contributed by atoms with van der Waals surface area (Å²) in [7, 11) is 0. The fourth-order valence-electron chi connectivity index (χ4n) is 4.58. The highest BCUT2D eigenvalue weighted by Gasteiger charge is 2.39. The average molecular weight is 275 g/mol. The van der Waals surface area contributed by atoms with E-state index in [2.05, 4.69) is 15.1 Å². The van der Waals surface area contributed by atoms with Gasteiger partial charge >= 0.3 is 0 Å². The number of nitrogens with two attached hydrogens (primary N) is 1. The van der Waals surface area contributed by atoms with E-state index >= 15 is 0 Å². The predicted octanol–water partition coefficient (Wildman–Crippen LogP) is 1.71. The fourth-order valence-corrected chi connectivity index (χ4v) is 4.58. The van der Waals surface area contributed by atoms with Crippen LogP contribution in [0.3, 0.4) is 0 Å². The summed E-state index contributed by atoms with van der Waals surface area (Å²) in [5.41, 5.74) is 6.03. The third-order valence-electron chi connectivity index (χ3n) is 5.60. The molecule has 5 heteroatoms. The third-order valence-corrected chi connectivity index (χ3v) is 5.60. The van der Waals surface area contributed by atoms with E-state index < -0.39 is 0 Å². The van der Waals surface area contributed by atoms with Crippen LogP contribution in [0.25, 0.3) is 0 Å². The van der Waals surface area contributed by atoms with Crippen LogP contribution >= 0.6 is 0 Å². The summed E-state index contributed by atoms with van der Waals surface area (Å²) in [6, 6.07) is 0.274. The van der Waals surface area contributed by atoms with Crippen molar-refractivity contribution in [2.24, 2.45) is 23.5 Å². The molecule has 0 amide bonds. The Morgan fingerprint density at radius 3 is 2.95 bits per heavy atom. The van der Waals surface area contributed by atoms with E-state index in [1.165, 1.54) is 25.7 Å². The zero-order valence-corrected chi connectivity index (χ0v) is 12.1. The van der Waals surface area contributed by atoms with Crippen molar-refractivity contribution in [2.75, 3.05) is 18.0 Å². The minimum atomic E-state index is 0.274. The second-order valence-electron chi connectivity index (χ2n) is 7.07. The molecule has 2 bridgehead atoms. The molecule has 2 aliphatic carbocycles. The molecule has 3 aliphatic rings. The summed E-state index contributed by atoms with van der Waals surface area (Å²) < 4.78 is 0. The van der Waals surface area contributed by atoms with Gasteiger partial charge in [-0.2, -0.15) is 4.98 Å². The Bertz CT molecular complexity index is 471. The van der Waals surface area contributed by atoms with Crippen molar-refractivity contribution in [1.82, 2.24) is 15.2 Å². The molecule has 2 heterocycles. The first kappa shape index (κ1) is 12.6. The number of H-pyrrole nitrogens is 1. The van der Waals surface area contributed by atoms with E-state index in [1.807, 2.05) is 0 Å². The van der Waals surface area contributed by atoms with Crippen LogP contribution in [0.5, 0.6) is 0 Å². The molecule has 3 N–H and O–H groups in total. The Hall–Kier alpha value is -1.10. The Balaban J connectivity index is 1.40. The first-order chi connectivity index (χ1) is 9.78. The minimum absolute atomic E-state index is 0.274. The summed E-state index contributed by atoms with van der Waals surface area (Å²) >= 11 is 0. The quantitative estimate of drug-likeness (QED) is 0.881. The molecule has 4 atom stereocenters. The molecular weight excluding hydrogens is 250 g/mol. The van der Waals surface area contributed by atoms with Gasteiger partial charge in [-0.25, -0.2) is 0 Å². The van der Waals surface area contributed by atoms with Crippen molar-refractivity contribution in [2.45, 2.75) is 51.0 Å². The summed E-state index contributed by atoms with van der Waals surface area (Å²) in [6.45, 7) is 1.94. The Morgan fingerprint density at radius 2 is 2.20 bits per heavy atom. The second kappa shape index (κ2) is 5.02. The molecule has 0 radical (unpaired) electrons. The lowest BCUT2D eigenvalue weighted by atomic mass is 9.86. The van der Waals surface area contributed by atoms with Gasteiger partial charge in [0.05, 0.1) is 0 Å². The Kier molecular flexibility index (Phi) is 3.17. The van der Waals surface area contributed by atoms with Crippen molar-refractivity contribution in [3.05, 3.63) is 5.82 Å². The predicted molar refractivity (Wildman–Crippen MR) is 78.4 cm³/mol. The molecule has 1 aliphatic heterocycles. The van der Waals surface area contributed by atoms with Crippen molar-refractivity contribution < 1.29 is 0 Å². The second-order valence-corrected chi connectivity index (χ2v) is 7.07. The molecule has 5 nitrogen and oxygen atoms in total. The van der Waals surface area contributed by atoms with Crippen LogP contribution < -0.4 is 10.6 Å². The number of aromatic amines is 1. The maximum atomic E-state index is 6.03. The van der Waals surface area contributed by atoms with Crippen LogP contribution in [0.15, 0.2) is 0 Å². The lowest BCUT2D eigenvalue weighted by molar-refractivity contribution is 0.327. The van der Waals surface area contributed by atoms with Gasteiger partial charge in [0.25, 0.3) is 0 Å². The van der Waals surface area contributed by atoms with Gasteiger partial charge in [0.15, 0.2) is 0 Å². The van der Waals surface area contributed by atoms with Crippen LogP contribution in [-0.2, 0) is 6.42 Å². The summed E-state index contributed by atoms with van der Waals surface area (Å²) in [4.78, 5) is 6.95. The van der Waals surface area contributed by atoms with Gasteiger partial charge in [-0.05, 0) is 49.9 Å². The zero-order chi connectivity index (χ0) is 13.5. The Labute approximate surface area is 120 Å². The fraction of sp³-hybridized carbons (Fsp3) is 0.867. The number of aromatic nitrogens is 3. The molecule has 4 unspecified atom stereocenters. The molecule has 4 rings (SSSR count). The van der Waals surface area contributed by atoms with E-state index in [0.717, 1.165) is 61.9 Å². The molecule has 1 aromatic rings. The van der Waals surface area contributed by atoms with Crippen LogP contribution in [0.1, 0.15) is 44.3 Å². The number of nitrogens with one attached hydrogen (secondary N) is 1. The number of piperidine rings is 1. The Morgan fingerprint density at radius 1 is 1.25 bits per heavy atom. The summed E-state index contributed by atoms with van der Waals surface area (Å²) in [5.74, 6) is 4.75. The van der Waals surface area contributed by atoms with Gasteiger partial charge in [-0.3, -0.25) is 5.10 Å².